The molecule has 1 N–H and O–H groups in total. The molecule has 3 nitrogen and oxygen atoms in total. The first-order chi connectivity index (χ1) is 9.06. The molecule has 0 bridgehead atoms. The molecule has 19 heavy (non-hydrogen) atoms. The van der Waals surface area contributed by atoms with Crippen molar-refractivity contribution in [2.75, 3.05) is 25.5 Å². The van der Waals surface area contributed by atoms with Gasteiger partial charge in [0.2, 0.25) is 0 Å². The lowest BCUT2D eigenvalue weighted by molar-refractivity contribution is 0.269. The van der Waals surface area contributed by atoms with Crippen molar-refractivity contribution in [3.05, 3.63) is 29.3 Å². The summed E-state index contributed by atoms with van der Waals surface area (Å²) < 4.78 is 0. The molecule has 0 unspecified atom stereocenters. The molecule has 0 aromatic heterocycles. The van der Waals surface area contributed by atoms with Crippen molar-refractivity contribution in [1.82, 2.24) is 4.90 Å². The summed E-state index contributed by atoms with van der Waals surface area (Å²) in [4.78, 5) is 2.36. The number of anilines is 1. The molecule has 0 aliphatic carbocycles. The summed E-state index contributed by atoms with van der Waals surface area (Å²) in [6.45, 7) is 8.51. The van der Waals surface area contributed by atoms with Crippen LogP contribution < -0.4 is 5.32 Å². The van der Waals surface area contributed by atoms with Gasteiger partial charge in [0.05, 0.1) is 11.3 Å². The Kier molecular flexibility index (Phi) is 6.38. The Morgan fingerprint density at radius 3 is 2.68 bits per heavy atom. The van der Waals surface area contributed by atoms with Crippen LogP contribution in [0.25, 0.3) is 0 Å². The van der Waals surface area contributed by atoms with Crippen LogP contribution in [0.1, 0.15) is 37.8 Å². The van der Waals surface area contributed by atoms with Crippen LogP contribution in [0.2, 0.25) is 0 Å². The largest absolute Gasteiger partial charge is 0.384 e. The van der Waals surface area contributed by atoms with E-state index in [1.165, 1.54) is 6.42 Å². The SMILES string of the molecule is Cc1cccc(C#N)c1NCCCCN(C)C(C)C. The van der Waals surface area contributed by atoms with Gasteiger partial charge in [0.25, 0.3) is 0 Å². The molecule has 0 saturated carbocycles. The van der Waals surface area contributed by atoms with E-state index < -0.39 is 0 Å². The van der Waals surface area contributed by atoms with Gasteiger partial charge in [0, 0.05) is 12.6 Å². The average molecular weight is 259 g/mol. The Bertz CT molecular complexity index is 432. The zero-order valence-corrected chi connectivity index (χ0v) is 12.5. The number of rotatable bonds is 7. The Balaban J connectivity index is 2.36. The van der Waals surface area contributed by atoms with Gasteiger partial charge < -0.3 is 10.2 Å². The van der Waals surface area contributed by atoms with Gasteiger partial charge in [-0.3, -0.25) is 0 Å². The lowest BCUT2D eigenvalue weighted by Crippen LogP contribution is -2.27. The number of hydrogen-bond acceptors (Lipinski definition) is 3. The highest BCUT2D eigenvalue weighted by Gasteiger charge is 2.05. The highest BCUT2D eigenvalue weighted by Crippen LogP contribution is 2.19. The maximum Gasteiger partial charge on any atom is 0.101 e. The molecule has 0 radical (unpaired) electrons. The zero-order chi connectivity index (χ0) is 14.3. The summed E-state index contributed by atoms with van der Waals surface area (Å²) in [7, 11) is 2.16. The lowest BCUT2D eigenvalue weighted by Gasteiger charge is -2.20. The van der Waals surface area contributed by atoms with Crippen molar-refractivity contribution in [2.45, 2.75) is 39.7 Å². The molecule has 104 valence electrons. The molecule has 1 aromatic rings. The Hall–Kier alpha value is -1.53. The molecule has 0 fully saturated rings. The smallest absolute Gasteiger partial charge is 0.101 e. The topological polar surface area (TPSA) is 39.1 Å². The Morgan fingerprint density at radius 1 is 1.32 bits per heavy atom. The van der Waals surface area contributed by atoms with Gasteiger partial charge in [0.1, 0.15) is 6.07 Å². The van der Waals surface area contributed by atoms with E-state index in [4.69, 9.17) is 5.26 Å². The highest BCUT2D eigenvalue weighted by atomic mass is 15.1. The fourth-order valence-corrected chi connectivity index (χ4v) is 1.95. The second-order valence-electron chi connectivity index (χ2n) is 5.32. The fraction of sp³-hybridized carbons (Fsp3) is 0.562. The van der Waals surface area contributed by atoms with E-state index >= 15 is 0 Å². The van der Waals surface area contributed by atoms with Gasteiger partial charge in [0.15, 0.2) is 0 Å². The third kappa shape index (κ3) is 4.92. The molecule has 0 aliphatic heterocycles. The van der Waals surface area contributed by atoms with Gasteiger partial charge in [-0.2, -0.15) is 5.26 Å². The second-order valence-corrected chi connectivity index (χ2v) is 5.32. The quantitative estimate of drug-likeness (QED) is 0.763. The van der Waals surface area contributed by atoms with Crippen molar-refractivity contribution >= 4 is 5.69 Å². The van der Waals surface area contributed by atoms with E-state index in [0.717, 1.165) is 36.3 Å². The standard InChI is InChI=1S/C16H25N3/c1-13(2)19(4)11-6-5-10-18-16-14(3)8-7-9-15(16)12-17/h7-9,13,18H,5-6,10-11H2,1-4H3. The molecule has 1 rings (SSSR count). The molecule has 0 aliphatic rings. The summed E-state index contributed by atoms with van der Waals surface area (Å²) in [6, 6.07) is 8.67. The van der Waals surface area contributed by atoms with Crippen LogP contribution in [0.15, 0.2) is 18.2 Å². The molecule has 1 aromatic carbocycles. The summed E-state index contributed by atoms with van der Waals surface area (Å²) in [5.41, 5.74) is 2.86. The predicted octanol–water partition coefficient (Wildman–Crippen LogP) is 3.40. The molecule has 0 heterocycles. The maximum absolute atomic E-state index is 9.08. The number of unbranched alkanes of at least 4 members (excludes halogenated alkanes) is 1. The molecule has 0 saturated heterocycles. The van der Waals surface area contributed by atoms with Crippen LogP contribution in [-0.2, 0) is 0 Å². The van der Waals surface area contributed by atoms with E-state index in [2.05, 4.69) is 37.2 Å². The van der Waals surface area contributed by atoms with Crippen molar-refractivity contribution in [3.63, 3.8) is 0 Å². The average Bonchev–Trinajstić information content (AvgIpc) is 2.39. The molecule has 0 atom stereocenters. The lowest BCUT2D eigenvalue weighted by atomic mass is 10.1. The zero-order valence-electron chi connectivity index (χ0n) is 12.5. The maximum atomic E-state index is 9.08. The van der Waals surface area contributed by atoms with Crippen LogP contribution in [0.5, 0.6) is 0 Å². The van der Waals surface area contributed by atoms with Crippen molar-refractivity contribution in [1.29, 1.82) is 5.26 Å². The van der Waals surface area contributed by atoms with Gasteiger partial charge in [-0.15, -0.1) is 0 Å². The van der Waals surface area contributed by atoms with Crippen molar-refractivity contribution in [2.24, 2.45) is 0 Å². The minimum atomic E-state index is 0.606. The van der Waals surface area contributed by atoms with Crippen LogP contribution in [-0.4, -0.2) is 31.1 Å². The van der Waals surface area contributed by atoms with E-state index in [9.17, 15) is 0 Å². The molecule has 0 amide bonds. The number of nitrogens with zero attached hydrogens (tertiary/aromatic N) is 2. The first-order valence-electron chi connectivity index (χ1n) is 7.00. The Labute approximate surface area is 117 Å². The van der Waals surface area contributed by atoms with Gasteiger partial charge >= 0.3 is 0 Å². The second kappa shape index (κ2) is 7.81. The fourth-order valence-electron chi connectivity index (χ4n) is 1.95. The van der Waals surface area contributed by atoms with E-state index in [0.29, 0.717) is 6.04 Å². The monoisotopic (exact) mass is 259 g/mol. The third-order valence-corrected chi connectivity index (χ3v) is 3.51. The van der Waals surface area contributed by atoms with Crippen LogP contribution in [0.4, 0.5) is 5.69 Å². The van der Waals surface area contributed by atoms with Crippen molar-refractivity contribution in [3.8, 4) is 6.07 Å². The number of nitriles is 1. The molecular weight excluding hydrogens is 234 g/mol. The number of nitrogens with one attached hydrogen (secondary N) is 1. The van der Waals surface area contributed by atoms with Gasteiger partial charge in [-0.1, -0.05) is 12.1 Å². The summed E-state index contributed by atoms with van der Waals surface area (Å²) >= 11 is 0. The first-order valence-corrected chi connectivity index (χ1v) is 7.00. The van der Waals surface area contributed by atoms with Crippen LogP contribution >= 0.6 is 0 Å². The number of aryl methyl sites for hydroxylation is 1. The van der Waals surface area contributed by atoms with Gasteiger partial charge in [-0.05, 0) is 58.8 Å². The van der Waals surface area contributed by atoms with Crippen LogP contribution in [0.3, 0.4) is 0 Å². The third-order valence-electron chi connectivity index (χ3n) is 3.51. The number of para-hydroxylation sites is 1. The summed E-state index contributed by atoms with van der Waals surface area (Å²) in [6.07, 6.45) is 2.30. The molecular formula is C16H25N3. The van der Waals surface area contributed by atoms with Crippen molar-refractivity contribution < 1.29 is 0 Å². The normalized spacial score (nSPS) is 10.8. The minimum Gasteiger partial charge on any atom is -0.384 e. The molecule has 3 heteroatoms. The first kappa shape index (κ1) is 15.5. The number of benzene rings is 1. The Morgan fingerprint density at radius 2 is 2.05 bits per heavy atom. The summed E-state index contributed by atoms with van der Waals surface area (Å²) in [5, 5.41) is 12.5. The van der Waals surface area contributed by atoms with Gasteiger partial charge in [-0.25, -0.2) is 0 Å². The highest BCUT2D eigenvalue weighted by molar-refractivity contribution is 5.62. The predicted molar refractivity (Wildman–Crippen MR) is 81.4 cm³/mol. The minimum absolute atomic E-state index is 0.606. The van der Waals surface area contributed by atoms with Crippen LogP contribution in [0, 0.1) is 18.3 Å². The molecule has 0 spiro atoms. The van der Waals surface area contributed by atoms with E-state index in [1.807, 2.05) is 25.1 Å². The van der Waals surface area contributed by atoms with E-state index in [1.54, 1.807) is 0 Å². The number of hydrogen-bond donors (Lipinski definition) is 1. The van der Waals surface area contributed by atoms with E-state index in [-0.39, 0.29) is 0 Å². The summed E-state index contributed by atoms with van der Waals surface area (Å²) in [5.74, 6) is 0.